The fourth-order valence-electron chi connectivity index (χ4n) is 2.79. The zero-order valence-corrected chi connectivity index (χ0v) is 15.7. The number of halogens is 2. The summed E-state index contributed by atoms with van der Waals surface area (Å²) >= 11 is 1.13. The van der Waals surface area contributed by atoms with E-state index in [0.717, 1.165) is 29.5 Å². The third kappa shape index (κ3) is 4.30. The summed E-state index contributed by atoms with van der Waals surface area (Å²) in [5.41, 5.74) is -0.943. The molecule has 3 heterocycles. The molecule has 3 aromatic heterocycles. The molecule has 2 N–H and O–H groups in total. The Bertz CT molecular complexity index is 1090. The third-order valence-corrected chi connectivity index (χ3v) is 5.24. The fraction of sp³-hybridized carbons (Fsp3) is 0.167. The van der Waals surface area contributed by atoms with Crippen LogP contribution in [0.4, 0.5) is 8.78 Å². The summed E-state index contributed by atoms with van der Waals surface area (Å²) in [6.45, 7) is -0.0792. The molecule has 1 atom stereocenters. The molecule has 0 aliphatic rings. The van der Waals surface area contributed by atoms with Crippen LogP contribution in [-0.4, -0.2) is 45.8 Å². The first-order chi connectivity index (χ1) is 14.0. The molecule has 0 saturated heterocycles. The molecule has 11 heteroatoms. The highest BCUT2D eigenvalue weighted by Gasteiger charge is 2.34. The van der Waals surface area contributed by atoms with Gasteiger partial charge in [-0.05, 0) is 18.2 Å². The van der Waals surface area contributed by atoms with E-state index in [1.54, 1.807) is 24.5 Å². The highest BCUT2D eigenvalue weighted by atomic mass is 32.2. The number of hydrogen-bond acceptors (Lipinski definition) is 7. The summed E-state index contributed by atoms with van der Waals surface area (Å²) in [5.74, 6) is -1.02. The van der Waals surface area contributed by atoms with E-state index in [1.165, 1.54) is 23.4 Å². The Balaban J connectivity index is 1.58. The van der Waals surface area contributed by atoms with Crippen molar-refractivity contribution in [1.82, 2.24) is 34.9 Å². The first-order valence-electron chi connectivity index (χ1n) is 8.49. The van der Waals surface area contributed by atoms with Crippen molar-refractivity contribution in [3.05, 3.63) is 72.6 Å². The maximum absolute atomic E-state index is 14.4. The number of thioether (sulfide) groups is 1. The lowest BCUT2D eigenvalue weighted by atomic mass is 9.95. The van der Waals surface area contributed by atoms with Gasteiger partial charge in [0.2, 0.25) is 5.16 Å². The number of H-pyrrole nitrogens is 1. The van der Waals surface area contributed by atoms with Gasteiger partial charge in [-0.25, -0.2) is 23.4 Å². The molecule has 0 fully saturated rings. The van der Waals surface area contributed by atoms with E-state index in [4.69, 9.17) is 0 Å². The molecule has 0 aliphatic heterocycles. The molecule has 4 aromatic rings. The number of aromatic nitrogens is 7. The standard InChI is InChI=1S/C18H15F2N7OS/c19-13-1-2-14(15(20)7-13)18(28,8-27-11-22-10-23-27)9-29-17-24-16(25-26-17)12-3-5-21-6-4-12/h1-7,10-11,28H,8-9H2,(H,24,25,26). The van der Waals surface area contributed by atoms with E-state index in [9.17, 15) is 13.9 Å². The van der Waals surface area contributed by atoms with Gasteiger partial charge >= 0.3 is 0 Å². The Labute approximate surface area is 168 Å². The minimum absolute atomic E-state index is 0.00303. The molecule has 0 aliphatic carbocycles. The summed E-state index contributed by atoms with van der Waals surface area (Å²) in [4.78, 5) is 12.2. The number of hydrogen-bond donors (Lipinski definition) is 2. The molecule has 4 rings (SSSR count). The molecule has 0 amide bonds. The molecule has 0 bridgehead atoms. The summed E-state index contributed by atoms with van der Waals surface area (Å²) in [5, 5.41) is 22.6. The molecule has 0 saturated carbocycles. The Kier molecular flexibility index (Phi) is 5.32. The van der Waals surface area contributed by atoms with Crippen LogP contribution >= 0.6 is 11.8 Å². The van der Waals surface area contributed by atoms with E-state index < -0.39 is 17.2 Å². The second-order valence-corrected chi connectivity index (χ2v) is 7.18. The first-order valence-corrected chi connectivity index (χ1v) is 9.48. The molecule has 1 aromatic carbocycles. The molecule has 1 unspecified atom stereocenters. The SMILES string of the molecule is OC(CSc1n[nH]c(-c2ccncc2)n1)(Cn1cncn1)c1ccc(F)cc1F. The van der Waals surface area contributed by atoms with Crippen molar-refractivity contribution in [2.45, 2.75) is 17.3 Å². The highest BCUT2D eigenvalue weighted by Crippen LogP contribution is 2.32. The van der Waals surface area contributed by atoms with Crippen LogP contribution in [0.2, 0.25) is 0 Å². The largest absolute Gasteiger partial charge is 0.382 e. The van der Waals surface area contributed by atoms with Crippen LogP contribution in [0.3, 0.4) is 0 Å². The second-order valence-electron chi connectivity index (χ2n) is 6.24. The van der Waals surface area contributed by atoms with Gasteiger partial charge < -0.3 is 5.11 Å². The first kappa shape index (κ1) is 19.2. The lowest BCUT2D eigenvalue weighted by Crippen LogP contribution is -2.35. The Morgan fingerprint density at radius 3 is 2.69 bits per heavy atom. The average Bonchev–Trinajstić information content (AvgIpc) is 3.39. The molecular weight excluding hydrogens is 400 g/mol. The van der Waals surface area contributed by atoms with E-state index in [0.29, 0.717) is 11.0 Å². The van der Waals surface area contributed by atoms with Gasteiger partial charge in [0.05, 0.1) is 6.54 Å². The van der Waals surface area contributed by atoms with Gasteiger partial charge in [0.1, 0.15) is 29.9 Å². The quantitative estimate of drug-likeness (QED) is 0.447. The van der Waals surface area contributed by atoms with Gasteiger partial charge in [-0.2, -0.15) is 5.10 Å². The van der Waals surface area contributed by atoms with Gasteiger partial charge in [0.25, 0.3) is 0 Å². The van der Waals surface area contributed by atoms with E-state index >= 15 is 0 Å². The number of aromatic amines is 1. The molecular formula is C18H15F2N7OS. The summed E-state index contributed by atoms with van der Waals surface area (Å²) in [6, 6.07) is 6.63. The predicted octanol–water partition coefficient (Wildman–Crippen LogP) is 2.42. The lowest BCUT2D eigenvalue weighted by molar-refractivity contribution is 0.0360. The van der Waals surface area contributed by atoms with Gasteiger partial charge in [-0.1, -0.05) is 17.8 Å². The van der Waals surface area contributed by atoms with Gasteiger partial charge in [0.15, 0.2) is 5.82 Å². The fourth-order valence-corrected chi connectivity index (χ4v) is 3.67. The zero-order chi connectivity index (χ0) is 20.3. The monoisotopic (exact) mass is 415 g/mol. The van der Waals surface area contributed by atoms with E-state index in [-0.39, 0.29) is 17.9 Å². The number of pyridine rings is 1. The number of aliphatic hydroxyl groups is 1. The van der Waals surface area contributed by atoms with Crippen molar-refractivity contribution in [2.75, 3.05) is 5.75 Å². The van der Waals surface area contributed by atoms with E-state index in [1.807, 2.05) is 0 Å². The second kappa shape index (κ2) is 8.05. The number of nitrogens with zero attached hydrogens (tertiary/aromatic N) is 6. The van der Waals surface area contributed by atoms with Crippen LogP contribution in [0.25, 0.3) is 11.4 Å². The summed E-state index contributed by atoms with van der Waals surface area (Å²) in [7, 11) is 0. The Morgan fingerprint density at radius 1 is 1.14 bits per heavy atom. The molecule has 0 radical (unpaired) electrons. The van der Waals surface area contributed by atoms with Crippen molar-refractivity contribution >= 4 is 11.8 Å². The van der Waals surface area contributed by atoms with Crippen molar-refractivity contribution in [1.29, 1.82) is 0 Å². The zero-order valence-electron chi connectivity index (χ0n) is 14.9. The van der Waals surface area contributed by atoms with E-state index in [2.05, 4.69) is 30.2 Å². The van der Waals surface area contributed by atoms with Crippen LogP contribution in [-0.2, 0) is 12.1 Å². The van der Waals surface area contributed by atoms with Crippen molar-refractivity contribution in [3.8, 4) is 11.4 Å². The Morgan fingerprint density at radius 2 is 1.97 bits per heavy atom. The van der Waals surface area contributed by atoms with Crippen LogP contribution < -0.4 is 0 Å². The third-order valence-electron chi connectivity index (χ3n) is 4.18. The maximum Gasteiger partial charge on any atom is 0.208 e. The Hall–Kier alpha value is -3.18. The minimum Gasteiger partial charge on any atom is -0.382 e. The molecule has 148 valence electrons. The van der Waals surface area contributed by atoms with Gasteiger partial charge in [0, 0.05) is 35.3 Å². The topological polar surface area (TPSA) is 105 Å². The van der Waals surface area contributed by atoms with Gasteiger partial charge in [-0.15, -0.1) is 5.10 Å². The molecule has 29 heavy (non-hydrogen) atoms. The van der Waals surface area contributed by atoms with Crippen molar-refractivity contribution in [3.63, 3.8) is 0 Å². The molecule has 8 nitrogen and oxygen atoms in total. The maximum atomic E-state index is 14.4. The summed E-state index contributed by atoms with van der Waals surface area (Å²) in [6.07, 6.45) is 5.99. The van der Waals surface area contributed by atoms with Crippen LogP contribution in [0.15, 0.2) is 60.5 Å². The number of benzene rings is 1. The van der Waals surface area contributed by atoms with Crippen molar-refractivity contribution < 1.29 is 13.9 Å². The highest BCUT2D eigenvalue weighted by molar-refractivity contribution is 7.99. The van der Waals surface area contributed by atoms with Crippen LogP contribution in [0, 0.1) is 11.6 Å². The molecule has 0 spiro atoms. The number of nitrogens with one attached hydrogen (secondary N) is 1. The van der Waals surface area contributed by atoms with Crippen LogP contribution in [0.1, 0.15) is 5.56 Å². The summed E-state index contributed by atoms with van der Waals surface area (Å²) < 4.78 is 29.2. The normalized spacial score (nSPS) is 13.3. The average molecular weight is 415 g/mol. The van der Waals surface area contributed by atoms with Crippen molar-refractivity contribution in [2.24, 2.45) is 0 Å². The lowest BCUT2D eigenvalue weighted by Gasteiger charge is -2.28. The van der Waals surface area contributed by atoms with Gasteiger partial charge in [-0.3, -0.25) is 10.1 Å². The smallest absolute Gasteiger partial charge is 0.208 e. The minimum atomic E-state index is -1.70. The predicted molar refractivity (Wildman–Crippen MR) is 101 cm³/mol. The van der Waals surface area contributed by atoms with Crippen LogP contribution in [0.5, 0.6) is 0 Å². The number of rotatable bonds is 7.